The summed E-state index contributed by atoms with van der Waals surface area (Å²) in [6, 6.07) is 12.6. The summed E-state index contributed by atoms with van der Waals surface area (Å²) in [6.45, 7) is 0.149. The van der Waals surface area contributed by atoms with E-state index in [4.69, 9.17) is 26.9 Å². The number of nitrogens with zero attached hydrogens (tertiary/aromatic N) is 2. The van der Waals surface area contributed by atoms with Crippen LogP contribution in [0.15, 0.2) is 36.4 Å². The molecule has 0 aromatic heterocycles. The maximum atomic E-state index is 13.4. The van der Waals surface area contributed by atoms with Gasteiger partial charge in [-0.1, -0.05) is 17.7 Å². The summed E-state index contributed by atoms with van der Waals surface area (Å²) in [7, 11) is 0. The number of hydrogen-bond donors (Lipinski definition) is 0. The lowest BCUT2D eigenvalue weighted by molar-refractivity contribution is 0.304. The topological polar surface area (TPSA) is 56.8 Å². The molecule has 0 N–H and O–H groups in total. The molecule has 20 heavy (non-hydrogen) atoms. The van der Waals surface area contributed by atoms with Gasteiger partial charge in [-0.05, 0) is 24.3 Å². The molecule has 0 atom stereocenters. The van der Waals surface area contributed by atoms with Crippen LogP contribution in [0, 0.1) is 28.5 Å². The lowest BCUT2D eigenvalue weighted by Gasteiger charge is -2.08. The zero-order valence-corrected chi connectivity index (χ0v) is 11.0. The molecule has 0 spiro atoms. The van der Waals surface area contributed by atoms with Crippen LogP contribution in [0.2, 0.25) is 5.02 Å². The van der Waals surface area contributed by atoms with Crippen LogP contribution in [0.5, 0.6) is 5.75 Å². The highest BCUT2D eigenvalue weighted by Gasteiger charge is 2.06. The van der Waals surface area contributed by atoms with Crippen LogP contribution in [0.3, 0.4) is 0 Å². The maximum Gasteiger partial charge on any atom is 0.144 e. The fourth-order valence-corrected chi connectivity index (χ4v) is 1.81. The highest BCUT2D eigenvalue weighted by Crippen LogP contribution is 2.21. The van der Waals surface area contributed by atoms with Gasteiger partial charge in [0.05, 0.1) is 17.2 Å². The van der Waals surface area contributed by atoms with E-state index in [-0.39, 0.29) is 12.2 Å². The molecule has 0 saturated heterocycles. The first-order valence-electron chi connectivity index (χ1n) is 5.65. The lowest BCUT2D eigenvalue weighted by atomic mass is 10.1. The largest absolute Gasteiger partial charge is 0.489 e. The normalized spacial score (nSPS) is 9.60. The van der Waals surface area contributed by atoms with Gasteiger partial charge in [-0.25, -0.2) is 4.39 Å². The molecule has 2 aromatic carbocycles. The van der Waals surface area contributed by atoms with E-state index in [1.165, 1.54) is 12.1 Å². The van der Waals surface area contributed by atoms with Crippen molar-refractivity contribution in [3.05, 3.63) is 63.9 Å². The minimum atomic E-state index is -0.629. The van der Waals surface area contributed by atoms with E-state index in [0.717, 1.165) is 6.07 Å². The van der Waals surface area contributed by atoms with Crippen LogP contribution >= 0.6 is 11.6 Å². The molecule has 0 saturated carbocycles. The van der Waals surface area contributed by atoms with Crippen molar-refractivity contribution in [3.63, 3.8) is 0 Å². The summed E-state index contributed by atoms with van der Waals surface area (Å²) in [5.41, 5.74) is 1.12. The zero-order valence-electron chi connectivity index (χ0n) is 10.2. The maximum absolute atomic E-state index is 13.4. The molecule has 2 aromatic rings. The van der Waals surface area contributed by atoms with E-state index < -0.39 is 5.82 Å². The van der Waals surface area contributed by atoms with E-state index in [9.17, 15) is 4.39 Å². The Morgan fingerprint density at radius 3 is 2.50 bits per heavy atom. The third-order valence-corrected chi connectivity index (χ3v) is 2.99. The van der Waals surface area contributed by atoms with E-state index >= 15 is 0 Å². The quantitative estimate of drug-likeness (QED) is 0.862. The van der Waals surface area contributed by atoms with Crippen molar-refractivity contribution in [2.45, 2.75) is 6.61 Å². The van der Waals surface area contributed by atoms with Crippen LogP contribution in [0.4, 0.5) is 4.39 Å². The van der Waals surface area contributed by atoms with E-state index in [1.54, 1.807) is 24.3 Å². The molecule has 0 aliphatic rings. The van der Waals surface area contributed by atoms with E-state index in [1.807, 2.05) is 6.07 Å². The second-order valence-corrected chi connectivity index (χ2v) is 4.37. The first kappa shape index (κ1) is 13.9. The van der Waals surface area contributed by atoms with Crippen molar-refractivity contribution in [2.24, 2.45) is 0 Å². The lowest BCUT2D eigenvalue weighted by Crippen LogP contribution is -1.97. The molecule has 0 radical (unpaired) electrons. The van der Waals surface area contributed by atoms with Crippen molar-refractivity contribution in [1.82, 2.24) is 0 Å². The highest BCUT2D eigenvalue weighted by atomic mass is 35.5. The molecule has 2 rings (SSSR count). The Hall–Kier alpha value is -2.56. The van der Waals surface area contributed by atoms with Crippen LogP contribution in [-0.2, 0) is 6.61 Å². The number of benzene rings is 2. The minimum absolute atomic E-state index is 0.0336. The van der Waals surface area contributed by atoms with Crippen molar-refractivity contribution < 1.29 is 9.13 Å². The Morgan fingerprint density at radius 2 is 1.90 bits per heavy atom. The second kappa shape index (κ2) is 6.06. The molecular formula is C15H8ClFN2O. The summed E-state index contributed by atoms with van der Waals surface area (Å²) in [5, 5.41) is 17.8. The molecule has 0 aliphatic carbocycles. The number of ether oxygens (including phenoxy) is 1. The van der Waals surface area contributed by atoms with Crippen molar-refractivity contribution in [3.8, 4) is 17.9 Å². The van der Waals surface area contributed by atoms with Gasteiger partial charge in [0.15, 0.2) is 0 Å². The Labute approximate surface area is 120 Å². The molecular weight excluding hydrogens is 279 g/mol. The number of rotatable bonds is 3. The molecule has 5 heteroatoms. The summed E-state index contributed by atoms with van der Waals surface area (Å²) < 4.78 is 18.8. The van der Waals surface area contributed by atoms with Gasteiger partial charge in [0.25, 0.3) is 0 Å². The molecule has 0 fully saturated rings. The molecule has 0 amide bonds. The molecule has 0 unspecified atom stereocenters. The summed E-state index contributed by atoms with van der Waals surface area (Å²) in [6.07, 6.45) is 0. The van der Waals surface area contributed by atoms with Gasteiger partial charge in [0.2, 0.25) is 0 Å². The zero-order chi connectivity index (χ0) is 14.5. The first-order valence-corrected chi connectivity index (χ1v) is 6.03. The van der Waals surface area contributed by atoms with Crippen molar-refractivity contribution >= 4 is 11.6 Å². The van der Waals surface area contributed by atoms with E-state index in [0.29, 0.717) is 21.9 Å². The minimum Gasteiger partial charge on any atom is -0.489 e. The predicted octanol–water partition coefficient (Wildman–Crippen LogP) is 3.80. The monoisotopic (exact) mass is 286 g/mol. The van der Waals surface area contributed by atoms with Crippen LogP contribution in [0.1, 0.15) is 16.7 Å². The van der Waals surface area contributed by atoms with Gasteiger partial charge >= 0.3 is 0 Å². The summed E-state index contributed by atoms with van der Waals surface area (Å²) >= 11 is 6.01. The number of halogens is 2. The van der Waals surface area contributed by atoms with Gasteiger partial charge in [0.1, 0.15) is 24.2 Å². The van der Waals surface area contributed by atoms with Gasteiger partial charge < -0.3 is 4.74 Å². The highest BCUT2D eigenvalue weighted by molar-refractivity contribution is 6.31. The predicted molar refractivity (Wildman–Crippen MR) is 71.6 cm³/mol. The van der Waals surface area contributed by atoms with Crippen LogP contribution in [0.25, 0.3) is 0 Å². The third kappa shape index (κ3) is 3.06. The Balaban J connectivity index is 2.11. The van der Waals surface area contributed by atoms with Crippen molar-refractivity contribution in [2.75, 3.05) is 0 Å². The van der Waals surface area contributed by atoms with Crippen LogP contribution < -0.4 is 4.74 Å². The summed E-state index contributed by atoms with van der Waals surface area (Å²) in [4.78, 5) is 0. The molecule has 0 heterocycles. The van der Waals surface area contributed by atoms with Gasteiger partial charge in [0, 0.05) is 16.7 Å². The average Bonchev–Trinajstić information content (AvgIpc) is 2.46. The molecule has 98 valence electrons. The average molecular weight is 287 g/mol. The van der Waals surface area contributed by atoms with Crippen LogP contribution in [-0.4, -0.2) is 0 Å². The molecule has 3 nitrogen and oxygen atoms in total. The standard InChI is InChI=1S/C15H8ClFN2O/c16-14-5-10(7-18)1-2-12(14)9-20-13-4-3-11(8-19)15(17)6-13/h1-6H,9H2. The molecule has 0 bridgehead atoms. The Kier molecular flexibility index (Phi) is 4.20. The van der Waals surface area contributed by atoms with Gasteiger partial charge in [-0.15, -0.1) is 0 Å². The van der Waals surface area contributed by atoms with E-state index in [2.05, 4.69) is 0 Å². The third-order valence-electron chi connectivity index (χ3n) is 2.64. The fraction of sp³-hybridized carbons (Fsp3) is 0.0667. The first-order chi connectivity index (χ1) is 9.63. The second-order valence-electron chi connectivity index (χ2n) is 3.96. The SMILES string of the molecule is N#Cc1ccc(COc2ccc(C#N)c(F)c2)c(Cl)c1. The summed E-state index contributed by atoms with van der Waals surface area (Å²) in [5.74, 6) is -0.321. The molecule has 0 aliphatic heterocycles. The number of hydrogen-bond acceptors (Lipinski definition) is 3. The van der Waals surface area contributed by atoms with Crippen molar-refractivity contribution in [1.29, 1.82) is 10.5 Å². The van der Waals surface area contributed by atoms with Gasteiger partial charge in [-0.3, -0.25) is 0 Å². The number of nitriles is 2. The Bertz CT molecular complexity index is 732. The van der Waals surface area contributed by atoms with Gasteiger partial charge in [-0.2, -0.15) is 10.5 Å². The fourth-order valence-electron chi connectivity index (χ4n) is 1.57. The Morgan fingerprint density at radius 1 is 1.10 bits per heavy atom. The smallest absolute Gasteiger partial charge is 0.144 e.